The van der Waals surface area contributed by atoms with Crippen molar-refractivity contribution in [2.45, 2.75) is 13.8 Å². The molecule has 7 heteroatoms. The van der Waals surface area contributed by atoms with Gasteiger partial charge < -0.3 is 5.11 Å². The summed E-state index contributed by atoms with van der Waals surface area (Å²) >= 11 is 0. The van der Waals surface area contributed by atoms with Crippen LogP contribution in [0.5, 0.6) is 0 Å². The number of carboxylic acid groups (broad SMARTS) is 1. The van der Waals surface area contributed by atoms with Crippen molar-refractivity contribution in [3.63, 3.8) is 0 Å². The van der Waals surface area contributed by atoms with E-state index in [9.17, 15) is 20.0 Å². The van der Waals surface area contributed by atoms with Crippen LogP contribution in [0, 0.1) is 24.0 Å². The van der Waals surface area contributed by atoms with E-state index in [1.807, 2.05) is 62.4 Å². The van der Waals surface area contributed by atoms with E-state index in [2.05, 4.69) is 5.10 Å². The minimum Gasteiger partial charge on any atom is -0.478 e. The second-order valence-corrected chi connectivity index (χ2v) is 7.23. The van der Waals surface area contributed by atoms with Crippen LogP contribution in [-0.4, -0.2) is 25.8 Å². The number of nitro groups is 1. The molecular formula is C24H19N3O4. The molecule has 4 aromatic rings. The number of hydrogen-bond acceptors (Lipinski definition) is 4. The van der Waals surface area contributed by atoms with Crippen LogP contribution in [0.4, 0.5) is 5.69 Å². The summed E-state index contributed by atoms with van der Waals surface area (Å²) in [4.78, 5) is 23.1. The first-order chi connectivity index (χ1) is 14.9. The minimum atomic E-state index is -1.16. The van der Waals surface area contributed by atoms with Gasteiger partial charge in [0, 0.05) is 23.3 Å². The highest BCUT2D eigenvalue weighted by Crippen LogP contribution is 2.35. The molecule has 0 unspecified atom stereocenters. The normalized spacial score (nSPS) is 10.8. The number of nitro benzene ring substituents is 1. The summed E-state index contributed by atoms with van der Waals surface area (Å²) in [5.74, 6) is -1.16. The van der Waals surface area contributed by atoms with Crippen molar-refractivity contribution in [3.8, 4) is 28.2 Å². The number of rotatable bonds is 5. The summed E-state index contributed by atoms with van der Waals surface area (Å²) in [6, 6.07) is 20.8. The summed E-state index contributed by atoms with van der Waals surface area (Å²) in [7, 11) is 0. The zero-order valence-electron chi connectivity index (χ0n) is 16.9. The molecule has 0 fully saturated rings. The SMILES string of the molecule is Cc1ccc(-n2nc(-c3cccc([N+](=O)[O-])c3)c(C(=O)O)c2-c2ccccc2)cc1C. The second-order valence-electron chi connectivity index (χ2n) is 7.23. The van der Waals surface area contributed by atoms with Crippen molar-refractivity contribution in [1.29, 1.82) is 0 Å². The summed E-state index contributed by atoms with van der Waals surface area (Å²) in [6.07, 6.45) is 0. The van der Waals surface area contributed by atoms with E-state index in [1.165, 1.54) is 18.2 Å². The third kappa shape index (κ3) is 3.69. The van der Waals surface area contributed by atoms with Crippen LogP contribution < -0.4 is 0 Å². The van der Waals surface area contributed by atoms with E-state index in [-0.39, 0.29) is 16.9 Å². The largest absolute Gasteiger partial charge is 0.478 e. The molecule has 0 amide bonds. The van der Waals surface area contributed by atoms with E-state index in [0.29, 0.717) is 22.5 Å². The molecule has 0 saturated carbocycles. The predicted octanol–water partition coefficient (Wildman–Crippen LogP) is 5.43. The highest BCUT2D eigenvalue weighted by molar-refractivity contribution is 6.02. The van der Waals surface area contributed by atoms with Crippen LogP contribution in [0.3, 0.4) is 0 Å². The number of carboxylic acids is 1. The first kappa shape index (κ1) is 20.0. The minimum absolute atomic E-state index is 0.00933. The lowest BCUT2D eigenvalue weighted by atomic mass is 10.0. The molecule has 0 radical (unpaired) electrons. The fraction of sp³-hybridized carbons (Fsp3) is 0.0833. The van der Waals surface area contributed by atoms with Gasteiger partial charge in [0.05, 0.1) is 16.3 Å². The van der Waals surface area contributed by atoms with Gasteiger partial charge in [0.15, 0.2) is 0 Å². The van der Waals surface area contributed by atoms with Gasteiger partial charge in [0.2, 0.25) is 0 Å². The van der Waals surface area contributed by atoms with Crippen LogP contribution in [0.15, 0.2) is 72.8 Å². The van der Waals surface area contributed by atoms with E-state index in [1.54, 1.807) is 10.7 Å². The molecule has 1 N–H and O–H groups in total. The maximum absolute atomic E-state index is 12.4. The summed E-state index contributed by atoms with van der Waals surface area (Å²) < 4.78 is 1.60. The Hall–Kier alpha value is -4.26. The Bertz CT molecular complexity index is 1310. The monoisotopic (exact) mass is 413 g/mol. The van der Waals surface area contributed by atoms with Crippen LogP contribution in [0.25, 0.3) is 28.2 Å². The van der Waals surface area contributed by atoms with Crippen molar-refractivity contribution >= 4 is 11.7 Å². The fourth-order valence-corrected chi connectivity index (χ4v) is 3.50. The van der Waals surface area contributed by atoms with Crippen LogP contribution >= 0.6 is 0 Å². The Kier molecular flexibility index (Phi) is 5.09. The molecule has 0 aliphatic heterocycles. The number of carbonyl (C=O) groups is 1. The lowest BCUT2D eigenvalue weighted by Crippen LogP contribution is -2.03. The third-order valence-corrected chi connectivity index (χ3v) is 5.21. The van der Waals surface area contributed by atoms with E-state index in [0.717, 1.165) is 11.1 Å². The number of aryl methyl sites for hydroxylation is 2. The second kappa shape index (κ2) is 7.87. The van der Waals surface area contributed by atoms with Crippen molar-refractivity contribution in [1.82, 2.24) is 9.78 Å². The van der Waals surface area contributed by atoms with Gasteiger partial charge in [-0.2, -0.15) is 5.10 Å². The Labute approximate surface area is 178 Å². The standard InChI is InChI=1S/C24H19N3O4/c1-15-11-12-19(13-16(15)2)26-23(17-7-4-3-5-8-17)21(24(28)29)22(25-26)18-9-6-10-20(14-18)27(30)31/h3-14H,1-2H3,(H,28,29). The molecule has 3 aromatic carbocycles. The molecule has 0 saturated heterocycles. The number of aromatic carboxylic acids is 1. The maximum atomic E-state index is 12.4. The quantitative estimate of drug-likeness (QED) is 0.347. The lowest BCUT2D eigenvalue weighted by Gasteiger charge is -2.10. The fourth-order valence-electron chi connectivity index (χ4n) is 3.50. The Morgan fingerprint density at radius 1 is 0.935 bits per heavy atom. The number of aromatic nitrogens is 2. The van der Waals surface area contributed by atoms with Gasteiger partial charge in [-0.05, 0) is 37.1 Å². The molecule has 0 aliphatic rings. The van der Waals surface area contributed by atoms with Gasteiger partial charge in [-0.1, -0.05) is 48.5 Å². The van der Waals surface area contributed by atoms with Gasteiger partial charge in [-0.25, -0.2) is 9.48 Å². The molecule has 0 bridgehead atoms. The van der Waals surface area contributed by atoms with Crippen LogP contribution in [0.2, 0.25) is 0 Å². The number of non-ortho nitro benzene ring substituents is 1. The zero-order valence-corrected chi connectivity index (χ0v) is 16.9. The van der Waals surface area contributed by atoms with Crippen LogP contribution in [-0.2, 0) is 0 Å². The lowest BCUT2D eigenvalue weighted by molar-refractivity contribution is -0.384. The van der Waals surface area contributed by atoms with Gasteiger partial charge in [0.25, 0.3) is 5.69 Å². The van der Waals surface area contributed by atoms with E-state index in [4.69, 9.17) is 0 Å². The van der Waals surface area contributed by atoms with Gasteiger partial charge in [-0.15, -0.1) is 0 Å². The highest BCUT2D eigenvalue weighted by atomic mass is 16.6. The average molecular weight is 413 g/mol. The number of nitrogens with zero attached hydrogens (tertiary/aromatic N) is 3. The Morgan fingerprint density at radius 3 is 2.29 bits per heavy atom. The molecule has 0 spiro atoms. The first-order valence-electron chi connectivity index (χ1n) is 9.61. The number of benzene rings is 3. The molecule has 4 rings (SSSR count). The molecule has 1 heterocycles. The van der Waals surface area contributed by atoms with Crippen molar-refractivity contribution < 1.29 is 14.8 Å². The third-order valence-electron chi connectivity index (χ3n) is 5.21. The molecule has 31 heavy (non-hydrogen) atoms. The van der Waals surface area contributed by atoms with E-state index >= 15 is 0 Å². The van der Waals surface area contributed by atoms with Crippen molar-refractivity contribution in [3.05, 3.63) is 99.6 Å². The summed E-state index contributed by atoms with van der Waals surface area (Å²) in [6.45, 7) is 3.97. The van der Waals surface area contributed by atoms with Gasteiger partial charge in [-0.3, -0.25) is 10.1 Å². The Morgan fingerprint density at radius 2 is 1.65 bits per heavy atom. The average Bonchev–Trinajstić information content (AvgIpc) is 3.17. The van der Waals surface area contributed by atoms with Crippen molar-refractivity contribution in [2.24, 2.45) is 0 Å². The Balaban J connectivity index is 2.06. The van der Waals surface area contributed by atoms with E-state index < -0.39 is 10.9 Å². The molecule has 154 valence electrons. The van der Waals surface area contributed by atoms with Gasteiger partial charge >= 0.3 is 5.97 Å². The summed E-state index contributed by atoms with van der Waals surface area (Å²) in [5.41, 5.74) is 4.36. The first-order valence-corrected chi connectivity index (χ1v) is 9.61. The zero-order chi connectivity index (χ0) is 22.1. The molecule has 1 aromatic heterocycles. The highest BCUT2D eigenvalue weighted by Gasteiger charge is 2.27. The summed E-state index contributed by atoms with van der Waals surface area (Å²) in [5, 5.41) is 26.0. The maximum Gasteiger partial charge on any atom is 0.340 e. The van der Waals surface area contributed by atoms with Crippen LogP contribution in [0.1, 0.15) is 21.5 Å². The molecule has 0 atom stereocenters. The smallest absolute Gasteiger partial charge is 0.340 e. The molecule has 7 nitrogen and oxygen atoms in total. The van der Waals surface area contributed by atoms with Crippen molar-refractivity contribution in [2.75, 3.05) is 0 Å². The number of hydrogen-bond donors (Lipinski definition) is 1. The molecular weight excluding hydrogens is 394 g/mol. The molecule has 0 aliphatic carbocycles. The van der Waals surface area contributed by atoms with Gasteiger partial charge in [0.1, 0.15) is 11.3 Å². The topological polar surface area (TPSA) is 98.3 Å². The predicted molar refractivity (Wildman–Crippen MR) is 118 cm³/mol.